The van der Waals surface area contributed by atoms with E-state index in [1.165, 1.54) is 12.8 Å². The standard InChI is InChI=1S/C13H15ClO/c1-9-6-11(8-12(14)7-9)13(15)5-4-10-2-3-10/h6-8,10H,2-5H2,1H3. The van der Waals surface area contributed by atoms with Crippen LogP contribution in [0.3, 0.4) is 0 Å². The molecule has 1 saturated carbocycles. The van der Waals surface area contributed by atoms with E-state index >= 15 is 0 Å². The number of aryl methyl sites for hydroxylation is 1. The maximum Gasteiger partial charge on any atom is 0.162 e. The zero-order valence-corrected chi connectivity index (χ0v) is 9.68. The number of ketones is 1. The molecule has 0 atom stereocenters. The molecule has 2 heteroatoms. The van der Waals surface area contributed by atoms with Crippen LogP contribution in [0.1, 0.15) is 41.6 Å². The van der Waals surface area contributed by atoms with Gasteiger partial charge < -0.3 is 0 Å². The second-order valence-corrected chi connectivity index (χ2v) is 4.86. The van der Waals surface area contributed by atoms with Crippen LogP contribution >= 0.6 is 11.6 Å². The molecule has 0 aromatic heterocycles. The molecule has 0 saturated heterocycles. The smallest absolute Gasteiger partial charge is 0.162 e. The van der Waals surface area contributed by atoms with Gasteiger partial charge in [0.2, 0.25) is 0 Å². The summed E-state index contributed by atoms with van der Waals surface area (Å²) in [6.45, 7) is 1.96. The summed E-state index contributed by atoms with van der Waals surface area (Å²) < 4.78 is 0. The lowest BCUT2D eigenvalue weighted by molar-refractivity contribution is 0.0978. The molecule has 1 fully saturated rings. The number of hydrogen-bond donors (Lipinski definition) is 0. The summed E-state index contributed by atoms with van der Waals surface area (Å²) in [5, 5.41) is 0.657. The fourth-order valence-electron chi connectivity index (χ4n) is 1.78. The second-order valence-electron chi connectivity index (χ2n) is 4.42. The van der Waals surface area contributed by atoms with E-state index < -0.39 is 0 Å². The highest BCUT2D eigenvalue weighted by atomic mass is 35.5. The first-order chi connectivity index (χ1) is 7.15. The predicted molar refractivity (Wildman–Crippen MR) is 62.5 cm³/mol. The average molecular weight is 223 g/mol. The van der Waals surface area contributed by atoms with Gasteiger partial charge in [0.25, 0.3) is 0 Å². The topological polar surface area (TPSA) is 17.1 Å². The lowest BCUT2D eigenvalue weighted by Gasteiger charge is -2.02. The van der Waals surface area contributed by atoms with E-state index in [0.29, 0.717) is 11.4 Å². The molecule has 0 radical (unpaired) electrons. The van der Waals surface area contributed by atoms with Gasteiger partial charge >= 0.3 is 0 Å². The van der Waals surface area contributed by atoms with Crippen molar-refractivity contribution in [1.29, 1.82) is 0 Å². The molecule has 0 heterocycles. The van der Waals surface area contributed by atoms with E-state index in [1.54, 1.807) is 6.07 Å². The van der Waals surface area contributed by atoms with Crippen molar-refractivity contribution in [3.05, 3.63) is 34.3 Å². The molecule has 1 aliphatic carbocycles. The minimum absolute atomic E-state index is 0.229. The summed E-state index contributed by atoms with van der Waals surface area (Å²) >= 11 is 5.92. The van der Waals surface area contributed by atoms with Gasteiger partial charge in [0, 0.05) is 17.0 Å². The molecule has 0 bridgehead atoms. The Morgan fingerprint density at radius 1 is 1.40 bits per heavy atom. The van der Waals surface area contributed by atoms with Crippen molar-refractivity contribution >= 4 is 17.4 Å². The summed E-state index contributed by atoms with van der Waals surface area (Å²) in [4.78, 5) is 11.8. The number of carbonyl (C=O) groups is 1. The van der Waals surface area contributed by atoms with Crippen LogP contribution in [0.5, 0.6) is 0 Å². The summed E-state index contributed by atoms with van der Waals surface area (Å²) in [6.07, 6.45) is 4.33. The number of carbonyl (C=O) groups excluding carboxylic acids is 1. The van der Waals surface area contributed by atoms with E-state index in [1.807, 2.05) is 19.1 Å². The molecule has 1 nitrogen and oxygen atoms in total. The van der Waals surface area contributed by atoms with Crippen molar-refractivity contribution in [2.75, 3.05) is 0 Å². The molecule has 15 heavy (non-hydrogen) atoms. The zero-order valence-electron chi connectivity index (χ0n) is 8.92. The Hall–Kier alpha value is -0.820. The molecule has 1 aromatic carbocycles. The molecule has 0 unspecified atom stereocenters. The van der Waals surface area contributed by atoms with Crippen molar-refractivity contribution in [2.45, 2.75) is 32.6 Å². The predicted octanol–water partition coefficient (Wildman–Crippen LogP) is 4.02. The van der Waals surface area contributed by atoms with Gasteiger partial charge in [0.15, 0.2) is 5.78 Å². The second kappa shape index (κ2) is 4.36. The van der Waals surface area contributed by atoms with Crippen molar-refractivity contribution < 1.29 is 4.79 Å². The van der Waals surface area contributed by atoms with E-state index in [9.17, 15) is 4.79 Å². The minimum atomic E-state index is 0.229. The largest absolute Gasteiger partial charge is 0.294 e. The molecular formula is C13H15ClO. The van der Waals surface area contributed by atoms with Crippen LogP contribution in [0.2, 0.25) is 5.02 Å². The third-order valence-corrected chi connectivity index (χ3v) is 3.06. The first kappa shape index (κ1) is 10.7. The van der Waals surface area contributed by atoms with Crippen molar-refractivity contribution in [3.63, 3.8) is 0 Å². The molecule has 1 aromatic rings. The van der Waals surface area contributed by atoms with Crippen LogP contribution in [0.15, 0.2) is 18.2 Å². The Morgan fingerprint density at radius 3 is 2.73 bits per heavy atom. The number of hydrogen-bond acceptors (Lipinski definition) is 1. The van der Waals surface area contributed by atoms with Gasteiger partial charge in [0.05, 0.1) is 0 Å². The summed E-state index contributed by atoms with van der Waals surface area (Å²) in [5.41, 5.74) is 1.82. The third-order valence-electron chi connectivity index (χ3n) is 2.84. The van der Waals surface area contributed by atoms with Crippen molar-refractivity contribution in [2.24, 2.45) is 5.92 Å². The van der Waals surface area contributed by atoms with Crippen molar-refractivity contribution in [1.82, 2.24) is 0 Å². The molecule has 2 rings (SSSR count). The number of halogens is 1. The lowest BCUT2D eigenvalue weighted by Crippen LogP contribution is -2.00. The normalized spacial score (nSPS) is 15.3. The van der Waals surface area contributed by atoms with Crippen LogP contribution in [0.25, 0.3) is 0 Å². The molecule has 0 aliphatic heterocycles. The maximum absolute atomic E-state index is 11.8. The van der Waals surface area contributed by atoms with E-state index in [-0.39, 0.29) is 5.78 Å². The quantitative estimate of drug-likeness (QED) is 0.704. The van der Waals surface area contributed by atoms with Gasteiger partial charge in [0.1, 0.15) is 0 Å². The number of Topliss-reactive ketones (excluding diaryl/α,β-unsaturated/α-hetero) is 1. The van der Waals surface area contributed by atoms with Crippen LogP contribution < -0.4 is 0 Å². The Bertz CT molecular complexity index is 360. The molecule has 0 N–H and O–H groups in total. The lowest BCUT2D eigenvalue weighted by atomic mass is 10.0. The Kier molecular flexibility index (Phi) is 3.11. The fraction of sp³-hybridized carbons (Fsp3) is 0.462. The van der Waals surface area contributed by atoms with Gasteiger partial charge in [-0.1, -0.05) is 24.4 Å². The maximum atomic E-state index is 11.8. The monoisotopic (exact) mass is 222 g/mol. The number of rotatable bonds is 4. The minimum Gasteiger partial charge on any atom is -0.294 e. The summed E-state index contributed by atoms with van der Waals surface area (Å²) in [6, 6.07) is 5.56. The van der Waals surface area contributed by atoms with E-state index in [2.05, 4.69) is 0 Å². The van der Waals surface area contributed by atoms with Crippen LogP contribution in [-0.4, -0.2) is 5.78 Å². The molecular weight excluding hydrogens is 208 g/mol. The first-order valence-corrected chi connectivity index (χ1v) is 5.83. The van der Waals surface area contributed by atoms with Gasteiger partial charge in [-0.15, -0.1) is 0 Å². The van der Waals surface area contributed by atoms with Gasteiger partial charge in [-0.25, -0.2) is 0 Å². The fourth-order valence-corrected chi connectivity index (χ4v) is 2.07. The van der Waals surface area contributed by atoms with Crippen LogP contribution in [0.4, 0.5) is 0 Å². The highest BCUT2D eigenvalue weighted by Gasteiger charge is 2.22. The SMILES string of the molecule is Cc1cc(Cl)cc(C(=O)CCC2CC2)c1. The molecule has 0 spiro atoms. The highest BCUT2D eigenvalue weighted by molar-refractivity contribution is 6.31. The van der Waals surface area contributed by atoms with Crippen LogP contribution in [-0.2, 0) is 0 Å². The third kappa shape index (κ3) is 3.07. The number of benzene rings is 1. The molecule has 1 aliphatic rings. The molecule has 0 amide bonds. The van der Waals surface area contributed by atoms with Gasteiger partial charge in [-0.05, 0) is 43.0 Å². The van der Waals surface area contributed by atoms with E-state index in [4.69, 9.17) is 11.6 Å². The highest BCUT2D eigenvalue weighted by Crippen LogP contribution is 2.34. The summed E-state index contributed by atoms with van der Waals surface area (Å²) in [5.74, 6) is 1.04. The van der Waals surface area contributed by atoms with Gasteiger partial charge in [-0.3, -0.25) is 4.79 Å². The molecule has 80 valence electrons. The Labute approximate surface area is 95.4 Å². The van der Waals surface area contributed by atoms with Crippen LogP contribution in [0, 0.1) is 12.8 Å². The van der Waals surface area contributed by atoms with Gasteiger partial charge in [-0.2, -0.15) is 0 Å². The Balaban J connectivity index is 2.02. The average Bonchev–Trinajstić information content (AvgIpc) is 2.96. The zero-order chi connectivity index (χ0) is 10.8. The Morgan fingerprint density at radius 2 is 2.13 bits per heavy atom. The summed E-state index contributed by atoms with van der Waals surface area (Å²) in [7, 11) is 0. The van der Waals surface area contributed by atoms with E-state index in [0.717, 1.165) is 23.5 Å². The van der Waals surface area contributed by atoms with Crippen molar-refractivity contribution in [3.8, 4) is 0 Å². The first-order valence-electron chi connectivity index (χ1n) is 5.45.